The van der Waals surface area contributed by atoms with Gasteiger partial charge < -0.3 is 10.6 Å². The molecule has 1 atom stereocenters. The van der Waals surface area contributed by atoms with Gasteiger partial charge >= 0.3 is 0 Å². The van der Waals surface area contributed by atoms with Crippen molar-refractivity contribution in [2.24, 2.45) is 11.1 Å². The van der Waals surface area contributed by atoms with E-state index in [-0.39, 0.29) is 5.41 Å². The number of hydrogen-bond acceptors (Lipinski definition) is 2. The van der Waals surface area contributed by atoms with Gasteiger partial charge in [-0.25, -0.2) is 0 Å². The van der Waals surface area contributed by atoms with E-state index in [1.807, 2.05) is 0 Å². The van der Waals surface area contributed by atoms with E-state index in [0.717, 1.165) is 38.8 Å². The average molecular weight is 240 g/mol. The van der Waals surface area contributed by atoms with Gasteiger partial charge in [0.15, 0.2) is 0 Å². The molecule has 1 unspecified atom stereocenters. The molecule has 2 N–H and O–H groups in total. The predicted octanol–water partition coefficient (Wildman–Crippen LogP) is 2.54. The van der Waals surface area contributed by atoms with Gasteiger partial charge in [0.1, 0.15) is 0 Å². The highest BCUT2D eigenvalue weighted by molar-refractivity contribution is 5.76. The van der Waals surface area contributed by atoms with E-state index in [9.17, 15) is 4.79 Å². The van der Waals surface area contributed by atoms with Crippen molar-refractivity contribution in [1.29, 1.82) is 0 Å². The first kappa shape index (κ1) is 14.5. The molecule has 0 saturated carbocycles. The molecule has 0 aromatic rings. The number of carbonyl (C=O) groups excluding carboxylic acids is 1. The lowest BCUT2D eigenvalue weighted by molar-refractivity contribution is -0.132. The van der Waals surface area contributed by atoms with E-state index in [0.29, 0.717) is 18.4 Å². The zero-order valence-corrected chi connectivity index (χ0v) is 11.7. The fraction of sp³-hybridized carbons (Fsp3) is 0.929. The van der Waals surface area contributed by atoms with E-state index in [1.54, 1.807) is 0 Å². The van der Waals surface area contributed by atoms with Gasteiger partial charge in [0.2, 0.25) is 5.91 Å². The van der Waals surface area contributed by atoms with Crippen LogP contribution in [-0.2, 0) is 4.79 Å². The number of nitrogens with two attached hydrogens (primary N) is 1. The highest BCUT2D eigenvalue weighted by Gasteiger charge is 2.28. The summed E-state index contributed by atoms with van der Waals surface area (Å²) in [6.45, 7) is 8.27. The summed E-state index contributed by atoms with van der Waals surface area (Å²) >= 11 is 0. The van der Waals surface area contributed by atoms with Crippen molar-refractivity contribution in [3.05, 3.63) is 0 Å². The van der Waals surface area contributed by atoms with E-state index in [1.165, 1.54) is 6.42 Å². The number of likely N-dealkylation sites (tertiary alicyclic amines) is 1. The Morgan fingerprint density at radius 1 is 1.41 bits per heavy atom. The Morgan fingerprint density at radius 3 is 2.71 bits per heavy atom. The highest BCUT2D eigenvalue weighted by atomic mass is 16.2. The van der Waals surface area contributed by atoms with Crippen molar-refractivity contribution >= 4 is 5.91 Å². The van der Waals surface area contributed by atoms with Crippen molar-refractivity contribution in [3.63, 3.8) is 0 Å². The van der Waals surface area contributed by atoms with Crippen molar-refractivity contribution in [2.45, 2.75) is 65.3 Å². The number of nitrogens with zero attached hydrogens (tertiary/aromatic N) is 1. The van der Waals surface area contributed by atoms with Gasteiger partial charge in [-0.15, -0.1) is 0 Å². The van der Waals surface area contributed by atoms with Crippen LogP contribution < -0.4 is 5.73 Å². The summed E-state index contributed by atoms with van der Waals surface area (Å²) in [6, 6.07) is 0.464. The van der Waals surface area contributed by atoms with Crippen LogP contribution in [0.3, 0.4) is 0 Å². The topological polar surface area (TPSA) is 46.3 Å². The molecule has 100 valence electrons. The van der Waals surface area contributed by atoms with Crippen LogP contribution in [0.25, 0.3) is 0 Å². The number of rotatable bonds is 5. The van der Waals surface area contributed by atoms with Crippen LogP contribution in [0.15, 0.2) is 0 Å². The molecule has 3 nitrogen and oxygen atoms in total. The van der Waals surface area contributed by atoms with Crippen LogP contribution in [0.4, 0.5) is 0 Å². The fourth-order valence-corrected chi connectivity index (χ4v) is 2.44. The molecule has 1 aliphatic rings. The Kier molecular flexibility index (Phi) is 5.44. The monoisotopic (exact) mass is 240 g/mol. The second-order valence-corrected chi connectivity index (χ2v) is 6.37. The molecule has 1 aliphatic heterocycles. The number of hydrogen-bond donors (Lipinski definition) is 1. The normalized spacial score (nSPS) is 20.9. The minimum Gasteiger partial charge on any atom is -0.340 e. The Hall–Kier alpha value is -0.570. The van der Waals surface area contributed by atoms with Crippen molar-refractivity contribution in [2.75, 3.05) is 13.1 Å². The second-order valence-electron chi connectivity index (χ2n) is 6.37. The molecule has 0 radical (unpaired) electrons. The van der Waals surface area contributed by atoms with E-state index in [4.69, 9.17) is 5.73 Å². The van der Waals surface area contributed by atoms with Gasteiger partial charge in [0, 0.05) is 19.0 Å². The van der Waals surface area contributed by atoms with Crippen molar-refractivity contribution in [1.82, 2.24) is 4.90 Å². The molecule has 1 fully saturated rings. The van der Waals surface area contributed by atoms with Gasteiger partial charge in [-0.1, -0.05) is 20.8 Å². The van der Waals surface area contributed by atoms with Gasteiger partial charge in [0.05, 0.1) is 0 Å². The molecule has 0 aliphatic carbocycles. The molecule has 1 rings (SSSR count). The van der Waals surface area contributed by atoms with Gasteiger partial charge in [-0.2, -0.15) is 0 Å². The summed E-state index contributed by atoms with van der Waals surface area (Å²) in [5.74, 6) is 0.347. The first-order valence-corrected chi connectivity index (χ1v) is 6.93. The van der Waals surface area contributed by atoms with Crippen LogP contribution in [0.5, 0.6) is 0 Å². The highest BCUT2D eigenvalue weighted by Crippen LogP contribution is 2.25. The van der Waals surface area contributed by atoms with Crippen molar-refractivity contribution in [3.8, 4) is 0 Å². The van der Waals surface area contributed by atoms with E-state index in [2.05, 4.69) is 25.7 Å². The zero-order chi connectivity index (χ0) is 12.9. The summed E-state index contributed by atoms with van der Waals surface area (Å²) in [4.78, 5) is 14.3. The van der Waals surface area contributed by atoms with Gasteiger partial charge in [0.25, 0.3) is 0 Å². The molecule has 1 amide bonds. The standard InChI is InChI=1S/C14H28N2O/c1-14(2,3)9-8-13(17)16-11-5-7-12(16)6-4-10-15/h12H,4-11,15H2,1-3H3. The summed E-state index contributed by atoms with van der Waals surface area (Å²) in [7, 11) is 0. The van der Waals surface area contributed by atoms with Crippen LogP contribution in [0.1, 0.15) is 59.3 Å². The quantitative estimate of drug-likeness (QED) is 0.802. The summed E-state index contributed by atoms with van der Waals surface area (Å²) in [6.07, 6.45) is 6.12. The van der Waals surface area contributed by atoms with Crippen LogP contribution >= 0.6 is 0 Å². The number of amides is 1. The molecule has 1 saturated heterocycles. The largest absolute Gasteiger partial charge is 0.340 e. The van der Waals surface area contributed by atoms with Crippen LogP contribution in [0.2, 0.25) is 0 Å². The Labute approximate surface area is 106 Å². The minimum atomic E-state index is 0.252. The maximum atomic E-state index is 12.2. The summed E-state index contributed by atoms with van der Waals surface area (Å²) < 4.78 is 0. The summed E-state index contributed by atoms with van der Waals surface area (Å²) in [5, 5.41) is 0. The maximum absolute atomic E-state index is 12.2. The lowest BCUT2D eigenvalue weighted by Crippen LogP contribution is -2.36. The third-order valence-electron chi connectivity index (χ3n) is 3.53. The lowest BCUT2D eigenvalue weighted by atomic mass is 9.90. The van der Waals surface area contributed by atoms with E-state index >= 15 is 0 Å². The van der Waals surface area contributed by atoms with Crippen LogP contribution in [-0.4, -0.2) is 29.9 Å². The minimum absolute atomic E-state index is 0.252. The molecule has 0 aromatic carbocycles. The molecule has 0 bridgehead atoms. The molecule has 3 heteroatoms. The Morgan fingerprint density at radius 2 is 2.12 bits per heavy atom. The van der Waals surface area contributed by atoms with E-state index < -0.39 is 0 Å². The molecular weight excluding hydrogens is 212 g/mol. The Bertz CT molecular complexity index is 245. The third kappa shape index (κ3) is 5.07. The first-order valence-electron chi connectivity index (χ1n) is 6.93. The first-order chi connectivity index (χ1) is 7.94. The van der Waals surface area contributed by atoms with Gasteiger partial charge in [-0.05, 0) is 44.1 Å². The molecule has 0 spiro atoms. The van der Waals surface area contributed by atoms with Crippen molar-refractivity contribution < 1.29 is 4.79 Å². The predicted molar refractivity (Wildman–Crippen MR) is 71.7 cm³/mol. The smallest absolute Gasteiger partial charge is 0.222 e. The lowest BCUT2D eigenvalue weighted by Gasteiger charge is -2.26. The molecule has 0 aromatic heterocycles. The second kappa shape index (κ2) is 6.39. The third-order valence-corrected chi connectivity index (χ3v) is 3.53. The maximum Gasteiger partial charge on any atom is 0.222 e. The molecular formula is C14H28N2O. The summed E-state index contributed by atoms with van der Waals surface area (Å²) in [5.41, 5.74) is 5.79. The Balaban J connectivity index is 2.39. The molecule has 1 heterocycles. The molecule has 17 heavy (non-hydrogen) atoms. The van der Waals surface area contributed by atoms with Gasteiger partial charge in [-0.3, -0.25) is 4.79 Å². The SMILES string of the molecule is CC(C)(C)CCC(=O)N1CCCC1CCCN. The average Bonchev–Trinajstić information content (AvgIpc) is 2.70. The zero-order valence-electron chi connectivity index (χ0n) is 11.7. The number of carbonyl (C=O) groups is 1. The van der Waals surface area contributed by atoms with Crippen LogP contribution in [0, 0.1) is 5.41 Å². The fourth-order valence-electron chi connectivity index (χ4n) is 2.44.